The van der Waals surface area contributed by atoms with Crippen LogP contribution in [0.3, 0.4) is 0 Å². The standard InChI is InChI=1S/C18H29NO/c1-13(20)15-8-6-7-9-16(15)19-14-10-17(2,3)12-18(4,5)11-14/h6-9,13-14,19-20H,10-12H2,1-5H3. The molecule has 1 aromatic rings. The summed E-state index contributed by atoms with van der Waals surface area (Å²) in [7, 11) is 0. The summed E-state index contributed by atoms with van der Waals surface area (Å²) in [5.74, 6) is 0. The third-order valence-corrected chi connectivity index (χ3v) is 4.33. The maximum Gasteiger partial charge on any atom is 0.0781 e. The molecule has 0 aliphatic heterocycles. The van der Waals surface area contributed by atoms with Crippen LogP contribution in [0, 0.1) is 10.8 Å². The zero-order valence-electron chi connectivity index (χ0n) is 13.5. The zero-order chi connectivity index (χ0) is 15.0. The quantitative estimate of drug-likeness (QED) is 0.834. The van der Waals surface area contributed by atoms with Gasteiger partial charge in [0.15, 0.2) is 0 Å². The summed E-state index contributed by atoms with van der Waals surface area (Å²) in [6.45, 7) is 11.3. The van der Waals surface area contributed by atoms with E-state index < -0.39 is 6.10 Å². The zero-order valence-corrected chi connectivity index (χ0v) is 13.5. The van der Waals surface area contributed by atoms with Gasteiger partial charge in [-0.25, -0.2) is 0 Å². The second kappa shape index (κ2) is 5.40. The van der Waals surface area contributed by atoms with Gasteiger partial charge in [-0.15, -0.1) is 0 Å². The Bertz CT molecular complexity index is 446. The molecular formula is C18H29NO. The summed E-state index contributed by atoms with van der Waals surface area (Å²) >= 11 is 0. The van der Waals surface area contributed by atoms with Crippen molar-refractivity contribution in [2.24, 2.45) is 10.8 Å². The van der Waals surface area contributed by atoms with Gasteiger partial charge in [0.2, 0.25) is 0 Å². The predicted octanol–water partition coefficient (Wildman–Crippen LogP) is 4.76. The molecule has 2 heteroatoms. The van der Waals surface area contributed by atoms with E-state index in [9.17, 15) is 5.11 Å². The fraction of sp³-hybridized carbons (Fsp3) is 0.667. The van der Waals surface area contributed by atoms with E-state index in [-0.39, 0.29) is 0 Å². The van der Waals surface area contributed by atoms with E-state index in [1.54, 1.807) is 0 Å². The number of rotatable bonds is 3. The van der Waals surface area contributed by atoms with Crippen LogP contribution in [0.25, 0.3) is 0 Å². The molecule has 0 amide bonds. The maximum atomic E-state index is 9.90. The van der Waals surface area contributed by atoms with Crippen LogP contribution in [0.4, 0.5) is 5.69 Å². The van der Waals surface area contributed by atoms with Gasteiger partial charge in [-0.05, 0) is 43.1 Å². The van der Waals surface area contributed by atoms with Crippen molar-refractivity contribution in [3.8, 4) is 0 Å². The third kappa shape index (κ3) is 3.76. The monoisotopic (exact) mass is 275 g/mol. The second-order valence-corrected chi connectivity index (χ2v) is 8.02. The number of benzene rings is 1. The molecule has 0 heterocycles. The molecule has 0 radical (unpaired) electrons. The van der Waals surface area contributed by atoms with E-state index in [4.69, 9.17) is 0 Å². The summed E-state index contributed by atoms with van der Waals surface area (Å²) < 4.78 is 0. The highest BCUT2D eigenvalue weighted by molar-refractivity contribution is 5.52. The van der Waals surface area contributed by atoms with Crippen molar-refractivity contribution in [1.82, 2.24) is 0 Å². The highest BCUT2D eigenvalue weighted by Gasteiger charge is 2.38. The van der Waals surface area contributed by atoms with E-state index >= 15 is 0 Å². The van der Waals surface area contributed by atoms with Gasteiger partial charge in [0.25, 0.3) is 0 Å². The normalized spacial score (nSPS) is 23.3. The van der Waals surface area contributed by atoms with Crippen molar-refractivity contribution >= 4 is 5.69 Å². The number of hydrogen-bond acceptors (Lipinski definition) is 2. The lowest BCUT2D eigenvalue weighted by atomic mass is 9.63. The molecule has 1 aromatic carbocycles. The first kappa shape index (κ1) is 15.4. The molecule has 2 N–H and O–H groups in total. The van der Waals surface area contributed by atoms with Crippen LogP contribution in [-0.4, -0.2) is 11.1 Å². The summed E-state index contributed by atoms with van der Waals surface area (Å²) in [6, 6.07) is 8.59. The SMILES string of the molecule is CC(O)c1ccccc1NC1CC(C)(C)CC(C)(C)C1. The third-order valence-electron chi connectivity index (χ3n) is 4.33. The van der Waals surface area contributed by atoms with E-state index in [1.165, 1.54) is 19.3 Å². The Morgan fingerprint density at radius 1 is 1.10 bits per heavy atom. The number of aliphatic hydroxyl groups is 1. The summed E-state index contributed by atoms with van der Waals surface area (Å²) in [4.78, 5) is 0. The molecule has 2 nitrogen and oxygen atoms in total. The maximum absolute atomic E-state index is 9.90. The Morgan fingerprint density at radius 3 is 2.20 bits per heavy atom. The van der Waals surface area contributed by atoms with Crippen molar-refractivity contribution in [1.29, 1.82) is 0 Å². The van der Waals surface area contributed by atoms with Gasteiger partial charge in [-0.1, -0.05) is 45.9 Å². The Balaban J connectivity index is 2.18. The van der Waals surface area contributed by atoms with E-state index in [2.05, 4.69) is 39.1 Å². The van der Waals surface area contributed by atoms with Crippen LogP contribution in [-0.2, 0) is 0 Å². The molecule has 1 aliphatic rings. The largest absolute Gasteiger partial charge is 0.389 e. The molecule has 1 fully saturated rings. The number of nitrogens with one attached hydrogen (secondary N) is 1. The lowest BCUT2D eigenvalue weighted by Crippen LogP contribution is -2.40. The minimum absolute atomic E-state index is 0.374. The van der Waals surface area contributed by atoms with Crippen LogP contribution >= 0.6 is 0 Å². The molecule has 0 spiro atoms. The average Bonchev–Trinajstić information content (AvgIpc) is 2.24. The average molecular weight is 275 g/mol. The fourth-order valence-electron chi connectivity index (χ4n) is 4.16. The molecule has 0 aromatic heterocycles. The molecule has 1 aliphatic carbocycles. The summed E-state index contributed by atoms with van der Waals surface area (Å²) in [6.07, 6.45) is 3.22. The van der Waals surface area contributed by atoms with Crippen LogP contribution in [0.5, 0.6) is 0 Å². The van der Waals surface area contributed by atoms with Gasteiger partial charge in [0.05, 0.1) is 6.10 Å². The van der Waals surface area contributed by atoms with Crippen molar-refractivity contribution in [3.63, 3.8) is 0 Å². The van der Waals surface area contributed by atoms with Crippen molar-refractivity contribution in [2.75, 3.05) is 5.32 Å². The van der Waals surface area contributed by atoms with E-state index in [0.29, 0.717) is 16.9 Å². The van der Waals surface area contributed by atoms with E-state index in [0.717, 1.165) is 11.3 Å². The van der Waals surface area contributed by atoms with Crippen molar-refractivity contribution < 1.29 is 5.11 Å². The van der Waals surface area contributed by atoms with Gasteiger partial charge < -0.3 is 10.4 Å². The first-order valence-electron chi connectivity index (χ1n) is 7.72. The molecule has 112 valence electrons. The first-order valence-corrected chi connectivity index (χ1v) is 7.72. The Hall–Kier alpha value is -1.02. The van der Waals surface area contributed by atoms with Gasteiger partial charge in [-0.2, -0.15) is 0 Å². The van der Waals surface area contributed by atoms with Crippen LogP contribution in [0.15, 0.2) is 24.3 Å². The Kier molecular flexibility index (Phi) is 4.15. The summed E-state index contributed by atoms with van der Waals surface area (Å²) in [5, 5.41) is 13.6. The minimum atomic E-state index is -0.427. The molecule has 20 heavy (non-hydrogen) atoms. The minimum Gasteiger partial charge on any atom is -0.389 e. The smallest absolute Gasteiger partial charge is 0.0781 e. The molecule has 0 bridgehead atoms. The lowest BCUT2D eigenvalue weighted by molar-refractivity contribution is 0.105. The fourth-order valence-corrected chi connectivity index (χ4v) is 4.16. The first-order chi connectivity index (χ1) is 9.19. The number of aliphatic hydroxyl groups excluding tert-OH is 1. The molecule has 1 unspecified atom stereocenters. The van der Waals surface area contributed by atoms with Crippen LogP contribution in [0.2, 0.25) is 0 Å². The molecule has 1 atom stereocenters. The topological polar surface area (TPSA) is 32.3 Å². The second-order valence-electron chi connectivity index (χ2n) is 8.02. The Morgan fingerprint density at radius 2 is 1.65 bits per heavy atom. The van der Waals surface area contributed by atoms with Gasteiger partial charge in [-0.3, -0.25) is 0 Å². The van der Waals surface area contributed by atoms with Crippen molar-refractivity contribution in [2.45, 2.75) is 66.0 Å². The molecule has 1 saturated carbocycles. The Labute approximate surface area is 123 Å². The van der Waals surface area contributed by atoms with Gasteiger partial charge in [0, 0.05) is 17.3 Å². The highest BCUT2D eigenvalue weighted by atomic mass is 16.3. The number of hydrogen-bond donors (Lipinski definition) is 2. The van der Waals surface area contributed by atoms with Gasteiger partial charge in [0.1, 0.15) is 0 Å². The van der Waals surface area contributed by atoms with Crippen LogP contribution in [0.1, 0.15) is 65.5 Å². The highest BCUT2D eigenvalue weighted by Crippen LogP contribution is 2.46. The molecular weight excluding hydrogens is 246 g/mol. The summed E-state index contributed by atoms with van der Waals surface area (Å²) in [5.41, 5.74) is 2.83. The van der Waals surface area contributed by atoms with Crippen LogP contribution < -0.4 is 5.32 Å². The predicted molar refractivity (Wildman–Crippen MR) is 85.9 cm³/mol. The van der Waals surface area contributed by atoms with E-state index in [1.807, 2.05) is 25.1 Å². The molecule has 0 saturated heterocycles. The number of anilines is 1. The van der Waals surface area contributed by atoms with Crippen molar-refractivity contribution in [3.05, 3.63) is 29.8 Å². The molecule has 2 rings (SSSR count). The van der Waals surface area contributed by atoms with Gasteiger partial charge >= 0.3 is 0 Å². The lowest BCUT2D eigenvalue weighted by Gasteiger charge is -2.45. The number of para-hydroxylation sites is 1.